The van der Waals surface area contributed by atoms with Crippen LogP contribution >= 0.6 is 0 Å². The molecule has 0 aliphatic rings. The molecule has 2 nitrogen and oxygen atoms in total. The van der Waals surface area contributed by atoms with Crippen LogP contribution in [0.15, 0.2) is 18.2 Å². The lowest BCUT2D eigenvalue weighted by Crippen LogP contribution is -2.25. The summed E-state index contributed by atoms with van der Waals surface area (Å²) >= 11 is 0. The van der Waals surface area contributed by atoms with Gasteiger partial charge in [-0.15, -0.1) is 0 Å². The molecule has 0 heterocycles. The van der Waals surface area contributed by atoms with Crippen molar-refractivity contribution in [1.82, 2.24) is 4.90 Å². The minimum absolute atomic E-state index is 0.0101. The van der Waals surface area contributed by atoms with E-state index in [-0.39, 0.29) is 11.6 Å². The SMILES string of the molecule is CCCCN(CCCC)Cc1cc(O)cc(F)c1. The van der Waals surface area contributed by atoms with Gasteiger partial charge in [0.25, 0.3) is 0 Å². The van der Waals surface area contributed by atoms with Gasteiger partial charge < -0.3 is 5.11 Å². The van der Waals surface area contributed by atoms with E-state index in [0.29, 0.717) is 6.54 Å². The van der Waals surface area contributed by atoms with Crippen LogP contribution in [0.1, 0.15) is 45.1 Å². The molecule has 1 N–H and O–H groups in total. The fourth-order valence-corrected chi connectivity index (χ4v) is 2.02. The molecule has 1 rings (SSSR count). The number of benzene rings is 1. The van der Waals surface area contributed by atoms with Gasteiger partial charge in [0.1, 0.15) is 11.6 Å². The summed E-state index contributed by atoms with van der Waals surface area (Å²) in [6.07, 6.45) is 4.64. The van der Waals surface area contributed by atoms with Gasteiger partial charge in [0.15, 0.2) is 0 Å². The molecule has 0 aliphatic carbocycles. The maximum atomic E-state index is 13.2. The molecule has 102 valence electrons. The number of nitrogens with zero attached hydrogens (tertiary/aromatic N) is 1. The second-order valence-corrected chi connectivity index (χ2v) is 4.80. The first kappa shape index (κ1) is 15.0. The lowest BCUT2D eigenvalue weighted by molar-refractivity contribution is 0.256. The lowest BCUT2D eigenvalue weighted by Gasteiger charge is -2.22. The number of aromatic hydroxyl groups is 1. The first-order valence-electron chi connectivity index (χ1n) is 6.86. The first-order chi connectivity index (χ1) is 8.65. The largest absolute Gasteiger partial charge is 0.508 e. The van der Waals surface area contributed by atoms with E-state index in [2.05, 4.69) is 18.7 Å². The van der Waals surface area contributed by atoms with Crippen molar-refractivity contribution < 1.29 is 9.50 Å². The number of hydrogen-bond donors (Lipinski definition) is 1. The third kappa shape index (κ3) is 5.50. The van der Waals surface area contributed by atoms with Crippen LogP contribution in [-0.4, -0.2) is 23.1 Å². The highest BCUT2D eigenvalue weighted by Gasteiger charge is 2.07. The number of phenolic OH excluding ortho intramolecular Hbond substituents is 1. The summed E-state index contributed by atoms with van der Waals surface area (Å²) in [4.78, 5) is 2.33. The van der Waals surface area contributed by atoms with Crippen molar-refractivity contribution in [2.75, 3.05) is 13.1 Å². The second kappa shape index (κ2) is 8.09. The van der Waals surface area contributed by atoms with Crippen molar-refractivity contribution in [1.29, 1.82) is 0 Å². The van der Waals surface area contributed by atoms with Crippen LogP contribution in [0.5, 0.6) is 5.75 Å². The Kier molecular flexibility index (Phi) is 6.73. The van der Waals surface area contributed by atoms with Gasteiger partial charge in [0.05, 0.1) is 0 Å². The molecule has 0 fully saturated rings. The van der Waals surface area contributed by atoms with E-state index in [1.807, 2.05) is 0 Å². The number of hydrogen-bond acceptors (Lipinski definition) is 2. The third-order valence-electron chi connectivity index (χ3n) is 3.00. The topological polar surface area (TPSA) is 23.5 Å². The monoisotopic (exact) mass is 253 g/mol. The molecule has 0 radical (unpaired) electrons. The van der Waals surface area contributed by atoms with E-state index in [9.17, 15) is 9.50 Å². The smallest absolute Gasteiger partial charge is 0.127 e. The van der Waals surface area contributed by atoms with Crippen LogP contribution in [0.3, 0.4) is 0 Å². The minimum Gasteiger partial charge on any atom is -0.508 e. The zero-order chi connectivity index (χ0) is 13.4. The molecule has 0 saturated carbocycles. The molecule has 0 unspecified atom stereocenters. The van der Waals surface area contributed by atoms with Crippen molar-refractivity contribution in [2.45, 2.75) is 46.1 Å². The fraction of sp³-hybridized carbons (Fsp3) is 0.600. The van der Waals surface area contributed by atoms with E-state index < -0.39 is 0 Å². The summed E-state index contributed by atoms with van der Waals surface area (Å²) in [6, 6.07) is 4.30. The maximum Gasteiger partial charge on any atom is 0.127 e. The summed E-state index contributed by atoms with van der Waals surface area (Å²) in [6.45, 7) is 7.13. The van der Waals surface area contributed by atoms with Crippen LogP contribution in [0.2, 0.25) is 0 Å². The predicted molar refractivity (Wildman–Crippen MR) is 73.2 cm³/mol. The molecule has 3 heteroatoms. The van der Waals surface area contributed by atoms with E-state index in [1.165, 1.54) is 6.07 Å². The van der Waals surface area contributed by atoms with E-state index >= 15 is 0 Å². The molecule has 0 saturated heterocycles. The van der Waals surface area contributed by atoms with Gasteiger partial charge in [-0.2, -0.15) is 0 Å². The van der Waals surface area contributed by atoms with Gasteiger partial charge in [-0.05, 0) is 43.6 Å². The van der Waals surface area contributed by atoms with Crippen molar-refractivity contribution in [3.63, 3.8) is 0 Å². The molecule has 0 spiro atoms. The Morgan fingerprint density at radius 3 is 2.17 bits per heavy atom. The average molecular weight is 253 g/mol. The van der Waals surface area contributed by atoms with Gasteiger partial charge in [-0.3, -0.25) is 4.90 Å². The zero-order valence-corrected chi connectivity index (χ0v) is 11.5. The van der Waals surface area contributed by atoms with E-state index in [1.54, 1.807) is 6.07 Å². The van der Waals surface area contributed by atoms with Gasteiger partial charge in [0.2, 0.25) is 0 Å². The fourth-order valence-electron chi connectivity index (χ4n) is 2.02. The first-order valence-corrected chi connectivity index (χ1v) is 6.86. The Morgan fingerprint density at radius 2 is 1.67 bits per heavy atom. The summed E-state index contributed by atoms with van der Waals surface area (Å²) < 4.78 is 13.2. The Balaban J connectivity index is 2.62. The molecule has 0 amide bonds. The average Bonchev–Trinajstić information content (AvgIpc) is 2.31. The highest BCUT2D eigenvalue weighted by Crippen LogP contribution is 2.16. The molecule has 1 aromatic carbocycles. The molecule has 1 aromatic rings. The van der Waals surface area contributed by atoms with E-state index in [4.69, 9.17) is 0 Å². The number of rotatable bonds is 8. The van der Waals surface area contributed by atoms with Gasteiger partial charge in [-0.25, -0.2) is 4.39 Å². The summed E-state index contributed by atoms with van der Waals surface area (Å²) in [5, 5.41) is 9.40. The van der Waals surface area contributed by atoms with Crippen LogP contribution in [0.25, 0.3) is 0 Å². The van der Waals surface area contributed by atoms with Gasteiger partial charge in [0, 0.05) is 12.6 Å². The molecule has 0 bridgehead atoms. The standard InChI is InChI=1S/C15H24FNO/c1-3-5-7-17(8-6-4-2)12-13-9-14(16)11-15(18)10-13/h9-11,18H,3-8,12H2,1-2H3. The highest BCUT2D eigenvalue weighted by atomic mass is 19.1. The Labute approximate surface area is 109 Å². The molecule has 0 atom stereocenters. The molecular weight excluding hydrogens is 229 g/mol. The third-order valence-corrected chi connectivity index (χ3v) is 3.00. The molecule has 0 aliphatic heterocycles. The maximum absolute atomic E-state index is 13.2. The highest BCUT2D eigenvalue weighted by molar-refractivity contribution is 5.28. The van der Waals surface area contributed by atoms with Crippen LogP contribution < -0.4 is 0 Å². The van der Waals surface area contributed by atoms with Crippen molar-refractivity contribution in [3.05, 3.63) is 29.6 Å². The van der Waals surface area contributed by atoms with Gasteiger partial charge in [-0.1, -0.05) is 26.7 Å². The predicted octanol–water partition coefficient (Wildman–Crippen LogP) is 3.93. The number of halogens is 1. The minimum atomic E-state index is -0.365. The molecular formula is C15H24FNO. The lowest BCUT2D eigenvalue weighted by atomic mass is 10.1. The normalized spacial score (nSPS) is 11.1. The molecule has 18 heavy (non-hydrogen) atoms. The van der Waals surface area contributed by atoms with Crippen molar-refractivity contribution in [3.8, 4) is 5.75 Å². The van der Waals surface area contributed by atoms with Crippen molar-refractivity contribution in [2.24, 2.45) is 0 Å². The van der Waals surface area contributed by atoms with Crippen molar-refractivity contribution >= 4 is 0 Å². The Hall–Kier alpha value is -1.09. The quantitative estimate of drug-likeness (QED) is 0.758. The summed E-state index contributed by atoms with van der Waals surface area (Å²) in [7, 11) is 0. The number of unbranched alkanes of at least 4 members (excludes halogenated alkanes) is 2. The number of phenols is 1. The van der Waals surface area contributed by atoms with Crippen LogP contribution in [0, 0.1) is 5.82 Å². The Bertz CT molecular complexity index is 326. The second-order valence-electron chi connectivity index (χ2n) is 4.80. The summed E-state index contributed by atoms with van der Waals surface area (Å²) in [5.74, 6) is -0.355. The van der Waals surface area contributed by atoms with Crippen LogP contribution in [0.4, 0.5) is 4.39 Å². The zero-order valence-electron chi connectivity index (χ0n) is 11.5. The van der Waals surface area contributed by atoms with Crippen LogP contribution in [-0.2, 0) is 6.54 Å². The van der Waals surface area contributed by atoms with Gasteiger partial charge >= 0.3 is 0 Å². The van der Waals surface area contributed by atoms with E-state index in [0.717, 1.165) is 50.4 Å². The summed E-state index contributed by atoms with van der Waals surface area (Å²) in [5.41, 5.74) is 0.847. The Morgan fingerprint density at radius 1 is 1.06 bits per heavy atom. The molecule has 0 aromatic heterocycles.